The number of likely N-dealkylation sites (tertiary alicyclic amines) is 1. The molecule has 1 atom stereocenters. The summed E-state index contributed by atoms with van der Waals surface area (Å²) in [5, 5.41) is 12.0. The van der Waals surface area contributed by atoms with Gasteiger partial charge in [0.2, 0.25) is 0 Å². The molecule has 6 nitrogen and oxygen atoms in total. The number of hydrogen-bond acceptors (Lipinski definition) is 4. The molecule has 1 unspecified atom stereocenters. The number of amides is 1. The number of aromatic nitrogens is 2. The number of H-pyrrole nitrogens is 1. The average molecular weight is 441 g/mol. The van der Waals surface area contributed by atoms with Gasteiger partial charge >= 0.3 is 0 Å². The molecule has 33 heavy (non-hydrogen) atoms. The molecule has 1 saturated heterocycles. The minimum atomic E-state index is -0.762. The Labute approximate surface area is 189 Å². The number of aliphatic hydroxyl groups excluding tert-OH is 1. The van der Waals surface area contributed by atoms with Crippen molar-refractivity contribution in [2.45, 2.75) is 12.5 Å². The minimum absolute atomic E-state index is 0.0371. The first-order chi connectivity index (χ1) is 16.0. The van der Waals surface area contributed by atoms with Crippen LogP contribution in [0.5, 0.6) is 0 Å². The maximum atomic E-state index is 13.3. The number of benzene rings is 2. The second-order valence-corrected chi connectivity index (χ2v) is 7.90. The van der Waals surface area contributed by atoms with Gasteiger partial charge in [0.1, 0.15) is 11.6 Å². The van der Waals surface area contributed by atoms with Crippen LogP contribution in [0.4, 0.5) is 4.39 Å². The minimum Gasteiger partial charge on any atom is -0.507 e. The van der Waals surface area contributed by atoms with Crippen LogP contribution in [-0.2, 0) is 16.0 Å². The van der Waals surface area contributed by atoms with E-state index in [0.717, 1.165) is 16.5 Å². The van der Waals surface area contributed by atoms with Gasteiger partial charge in [0, 0.05) is 41.6 Å². The summed E-state index contributed by atoms with van der Waals surface area (Å²) in [7, 11) is 0. The molecule has 2 aromatic heterocycles. The van der Waals surface area contributed by atoms with Gasteiger partial charge in [-0.25, -0.2) is 4.39 Å². The highest BCUT2D eigenvalue weighted by Crippen LogP contribution is 2.40. The second kappa shape index (κ2) is 8.35. The van der Waals surface area contributed by atoms with E-state index in [2.05, 4.69) is 9.97 Å². The average Bonchev–Trinajstić information content (AvgIpc) is 3.38. The van der Waals surface area contributed by atoms with Crippen LogP contribution in [0.15, 0.2) is 84.8 Å². The molecule has 0 aliphatic carbocycles. The summed E-state index contributed by atoms with van der Waals surface area (Å²) >= 11 is 0. The van der Waals surface area contributed by atoms with Crippen LogP contribution in [-0.4, -0.2) is 38.2 Å². The van der Waals surface area contributed by atoms with Crippen molar-refractivity contribution in [3.05, 3.63) is 107 Å². The first-order valence-corrected chi connectivity index (χ1v) is 10.5. The second-order valence-electron chi connectivity index (χ2n) is 7.90. The number of nitrogens with one attached hydrogen (secondary N) is 1. The Balaban J connectivity index is 1.59. The monoisotopic (exact) mass is 441 g/mol. The largest absolute Gasteiger partial charge is 0.507 e. The van der Waals surface area contributed by atoms with Crippen molar-refractivity contribution in [1.29, 1.82) is 0 Å². The number of Topliss-reactive ketones (excluding diaryl/α,β-unsaturated/α-hetero) is 1. The van der Waals surface area contributed by atoms with E-state index in [1.54, 1.807) is 42.9 Å². The lowest BCUT2D eigenvalue weighted by molar-refractivity contribution is -0.139. The van der Waals surface area contributed by atoms with Crippen LogP contribution >= 0.6 is 0 Å². The van der Waals surface area contributed by atoms with Crippen molar-refractivity contribution in [2.24, 2.45) is 0 Å². The van der Waals surface area contributed by atoms with Gasteiger partial charge in [0.05, 0.1) is 11.6 Å². The predicted molar refractivity (Wildman–Crippen MR) is 122 cm³/mol. The molecule has 1 aliphatic rings. The van der Waals surface area contributed by atoms with Crippen molar-refractivity contribution in [1.82, 2.24) is 14.9 Å². The highest BCUT2D eigenvalue weighted by molar-refractivity contribution is 6.46. The van der Waals surface area contributed by atoms with Crippen molar-refractivity contribution in [3.63, 3.8) is 0 Å². The van der Waals surface area contributed by atoms with Gasteiger partial charge < -0.3 is 15.0 Å². The molecule has 3 heterocycles. The fourth-order valence-electron chi connectivity index (χ4n) is 4.32. The van der Waals surface area contributed by atoms with Crippen LogP contribution in [0.2, 0.25) is 0 Å². The molecule has 1 aliphatic heterocycles. The fraction of sp³-hybridized carbons (Fsp3) is 0.115. The number of hydrogen-bond donors (Lipinski definition) is 2. The Kier molecular flexibility index (Phi) is 5.22. The molecule has 7 heteroatoms. The van der Waals surface area contributed by atoms with Crippen molar-refractivity contribution in [3.8, 4) is 0 Å². The van der Waals surface area contributed by atoms with Crippen molar-refractivity contribution < 1.29 is 19.1 Å². The third-order valence-corrected chi connectivity index (χ3v) is 5.96. The summed E-state index contributed by atoms with van der Waals surface area (Å²) in [6, 6.07) is 16.1. The fourth-order valence-corrected chi connectivity index (χ4v) is 4.32. The van der Waals surface area contributed by atoms with Crippen LogP contribution < -0.4 is 0 Å². The lowest BCUT2D eigenvalue weighted by Gasteiger charge is -2.25. The van der Waals surface area contributed by atoms with E-state index in [1.165, 1.54) is 17.0 Å². The molecule has 0 spiro atoms. The third kappa shape index (κ3) is 3.67. The normalized spacial score (nSPS) is 17.7. The van der Waals surface area contributed by atoms with Crippen LogP contribution in [0, 0.1) is 5.82 Å². The topological polar surface area (TPSA) is 86.3 Å². The van der Waals surface area contributed by atoms with Gasteiger partial charge in [-0.15, -0.1) is 0 Å². The number of ketones is 1. The maximum Gasteiger partial charge on any atom is 0.295 e. The van der Waals surface area contributed by atoms with Gasteiger partial charge in [-0.2, -0.15) is 0 Å². The summed E-state index contributed by atoms with van der Waals surface area (Å²) in [4.78, 5) is 34.8. The smallest absolute Gasteiger partial charge is 0.295 e. The number of aromatic amines is 1. The number of aliphatic hydroxyl groups is 1. The molecule has 1 fully saturated rings. The summed E-state index contributed by atoms with van der Waals surface area (Å²) < 4.78 is 13.3. The number of rotatable bonds is 5. The first-order valence-electron chi connectivity index (χ1n) is 10.5. The standard InChI is InChI=1S/C26H20FN3O3/c27-18-7-5-16(6-8-18)11-14-30-23(17-9-12-28-13-10-17)22(25(32)26(30)33)24(31)20-15-29-21-4-2-1-3-19(20)21/h1-10,12-13,15,23,29,31H,11,14H2/b24-22-. The first kappa shape index (κ1) is 20.6. The van der Waals surface area contributed by atoms with Crippen LogP contribution in [0.1, 0.15) is 22.7 Å². The number of carbonyl (C=O) groups excluding carboxylic acids is 2. The van der Waals surface area contributed by atoms with E-state index in [-0.39, 0.29) is 23.7 Å². The molecular weight excluding hydrogens is 421 g/mol. The number of nitrogens with zero attached hydrogens (tertiary/aromatic N) is 2. The zero-order valence-corrected chi connectivity index (χ0v) is 17.5. The van der Waals surface area contributed by atoms with Crippen LogP contribution in [0.3, 0.4) is 0 Å². The summed E-state index contributed by atoms with van der Waals surface area (Å²) in [6.07, 6.45) is 5.24. The van der Waals surface area contributed by atoms with E-state index in [4.69, 9.17) is 0 Å². The molecule has 2 aromatic carbocycles. The van der Waals surface area contributed by atoms with E-state index in [1.807, 2.05) is 24.3 Å². The Morgan fingerprint density at radius 3 is 2.52 bits per heavy atom. The third-order valence-electron chi connectivity index (χ3n) is 5.96. The SMILES string of the molecule is O=C1C(=O)N(CCc2ccc(F)cc2)C(c2ccncc2)/C1=C(/O)c1c[nH]c2ccccc12. The lowest BCUT2D eigenvalue weighted by atomic mass is 9.95. The van der Waals surface area contributed by atoms with Crippen molar-refractivity contribution >= 4 is 28.4 Å². The van der Waals surface area contributed by atoms with E-state index in [9.17, 15) is 19.1 Å². The quantitative estimate of drug-likeness (QED) is 0.274. The Bertz CT molecular complexity index is 1380. The Hall–Kier alpha value is -4.26. The Morgan fingerprint density at radius 2 is 1.76 bits per heavy atom. The molecule has 2 N–H and O–H groups in total. The molecule has 5 rings (SSSR count). The number of carbonyl (C=O) groups is 2. The summed E-state index contributed by atoms with van der Waals surface area (Å²) in [5.41, 5.74) is 2.81. The summed E-state index contributed by atoms with van der Waals surface area (Å²) in [6.45, 7) is 0.230. The molecule has 164 valence electrons. The maximum absolute atomic E-state index is 13.3. The van der Waals surface area contributed by atoms with Gasteiger partial charge in [0.15, 0.2) is 0 Å². The highest BCUT2D eigenvalue weighted by Gasteiger charge is 2.46. The number of para-hydroxylation sites is 1. The molecule has 0 radical (unpaired) electrons. The van der Waals surface area contributed by atoms with Gasteiger partial charge in [-0.1, -0.05) is 30.3 Å². The number of fused-ring (bicyclic) bond motifs is 1. The number of pyridine rings is 1. The van der Waals surface area contributed by atoms with Crippen LogP contribution in [0.25, 0.3) is 16.7 Å². The zero-order chi connectivity index (χ0) is 22.9. The highest BCUT2D eigenvalue weighted by atomic mass is 19.1. The molecule has 4 aromatic rings. The Morgan fingerprint density at radius 1 is 1.03 bits per heavy atom. The van der Waals surface area contributed by atoms with Gasteiger partial charge in [-0.3, -0.25) is 14.6 Å². The molecule has 0 saturated carbocycles. The molecular formula is C26H20FN3O3. The van der Waals surface area contributed by atoms with E-state index < -0.39 is 17.7 Å². The summed E-state index contributed by atoms with van der Waals surface area (Å²) in [5.74, 6) is -1.98. The van der Waals surface area contributed by atoms with E-state index in [0.29, 0.717) is 17.5 Å². The van der Waals surface area contributed by atoms with Gasteiger partial charge in [-0.05, 0) is 47.9 Å². The van der Waals surface area contributed by atoms with Crippen molar-refractivity contribution in [2.75, 3.05) is 6.54 Å². The van der Waals surface area contributed by atoms with Gasteiger partial charge in [0.25, 0.3) is 11.7 Å². The molecule has 0 bridgehead atoms. The van der Waals surface area contributed by atoms with E-state index >= 15 is 0 Å². The predicted octanol–water partition coefficient (Wildman–Crippen LogP) is 4.37. The molecule has 1 amide bonds. The lowest BCUT2D eigenvalue weighted by Crippen LogP contribution is -2.31. The number of halogens is 1. The zero-order valence-electron chi connectivity index (χ0n) is 17.5.